The Balaban J connectivity index is 1.99. The second-order valence-corrected chi connectivity index (χ2v) is 7.92. The predicted molar refractivity (Wildman–Crippen MR) is 94.0 cm³/mol. The van der Waals surface area contributed by atoms with E-state index < -0.39 is 89.4 Å². The first-order valence-corrected chi connectivity index (χ1v) is 8.66. The molecule has 5 heteroatoms. The molecule has 0 heterocycles. The van der Waals surface area contributed by atoms with E-state index in [-0.39, 0.29) is 18.4 Å². The van der Waals surface area contributed by atoms with Gasteiger partial charge in [0.2, 0.25) is 0 Å². The number of ketones is 3. The third-order valence-corrected chi connectivity index (χ3v) is 6.80. The van der Waals surface area contributed by atoms with E-state index in [1.165, 1.54) is 6.92 Å². The summed E-state index contributed by atoms with van der Waals surface area (Å²) in [6, 6.07) is -1.29. The maximum atomic E-state index is 13.9. The van der Waals surface area contributed by atoms with E-state index in [1.807, 2.05) is 0 Å². The van der Waals surface area contributed by atoms with Gasteiger partial charge in [0.15, 0.2) is 11.6 Å². The number of rotatable bonds is 2. The van der Waals surface area contributed by atoms with E-state index in [0.29, 0.717) is 0 Å². The summed E-state index contributed by atoms with van der Waals surface area (Å²) < 4.78 is 66.6. The summed E-state index contributed by atoms with van der Waals surface area (Å²) in [7, 11) is 0. The third kappa shape index (κ3) is 2.01. The van der Waals surface area contributed by atoms with Gasteiger partial charge in [0.05, 0.1) is 5.48 Å². The lowest BCUT2D eigenvalue weighted by molar-refractivity contribution is -0.168. The largest absolute Gasteiger partial charge is 0.388 e. The number of allylic oxidation sites excluding steroid dienone is 4. The van der Waals surface area contributed by atoms with Crippen molar-refractivity contribution in [3.8, 4) is 0 Å². The molecule has 0 aromatic rings. The average Bonchev–Trinajstić information content (AvgIpc) is 2.99. The molecule has 3 saturated carbocycles. The van der Waals surface area contributed by atoms with Gasteiger partial charge in [-0.3, -0.25) is 14.4 Å². The Morgan fingerprint density at radius 1 is 1.46 bits per heavy atom. The molecule has 4 aliphatic carbocycles. The van der Waals surface area contributed by atoms with E-state index >= 15 is 0 Å². The molecule has 0 spiro atoms. The van der Waals surface area contributed by atoms with Crippen molar-refractivity contribution in [1.29, 1.82) is 0 Å². The molecule has 0 amide bonds. The molecule has 140 valence electrons. The van der Waals surface area contributed by atoms with Crippen LogP contribution in [0.5, 0.6) is 0 Å². The van der Waals surface area contributed by atoms with Gasteiger partial charge >= 0.3 is 0 Å². The van der Waals surface area contributed by atoms with Crippen LogP contribution in [-0.2, 0) is 14.4 Å². The molecular formula is C21H26O5. The van der Waals surface area contributed by atoms with Gasteiger partial charge in [0.25, 0.3) is 0 Å². The van der Waals surface area contributed by atoms with Gasteiger partial charge in [-0.2, -0.15) is 0 Å². The van der Waals surface area contributed by atoms with Crippen LogP contribution >= 0.6 is 0 Å². The monoisotopic (exact) mass is 366 g/mol. The SMILES string of the molecule is [2H]C1=CC2(C)C(=C([2H])C1=O)[C@@H]([2H])CC1C3CC[C@](O)(C(=O)C([2H])([2H])O)C3(C)C([2H])([2H])C(=O)C12[2H]. The maximum absolute atomic E-state index is 13.9. The number of Topliss-reactive ketones (excluding diaryl/α,β-unsaturated/α-hetero) is 2. The second-order valence-electron chi connectivity index (χ2n) is 7.92. The lowest BCUT2D eigenvalue weighted by Gasteiger charge is -2.56. The lowest BCUT2D eigenvalue weighted by atomic mass is 9.46. The summed E-state index contributed by atoms with van der Waals surface area (Å²) in [5.41, 5.74) is -6.95. The Morgan fingerprint density at radius 3 is 2.88 bits per heavy atom. The first-order chi connectivity index (χ1) is 15.2. The zero-order valence-electron chi connectivity index (χ0n) is 22.5. The molecule has 4 rings (SSSR count). The summed E-state index contributed by atoms with van der Waals surface area (Å²) in [6.07, 6.45) is -4.04. The standard InChI is InChI=1S/C21H26O5/c1-19-7-5-13(23)9-12(19)3-4-14-15-6-8-21(26,17(25)11-22)20(15,2)10-16(24)18(14)19/h5,7,9,14-15,18,22,26H,3-4,6,8,10-11H2,1-2H3/t14?,15?,18?,19?,20?,21-/m0/s1/i3D,5D,9D,10D2,11D2,18D/t3-,14?,15?,18?,19?,20?,21-. The zero-order valence-corrected chi connectivity index (χ0v) is 14.5. The smallest absolute Gasteiger partial charge is 0.190 e. The van der Waals surface area contributed by atoms with Crippen LogP contribution in [0.3, 0.4) is 0 Å². The molecule has 5 nitrogen and oxygen atoms in total. The summed E-state index contributed by atoms with van der Waals surface area (Å²) in [4.78, 5) is 39.0. The highest BCUT2D eigenvalue weighted by Crippen LogP contribution is 2.66. The van der Waals surface area contributed by atoms with E-state index in [2.05, 4.69) is 0 Å². The number of carbonyl (C=O) groups is 3. The van der Waals surface area contributed by atoms with Crippen molar-refractivity contribution >= 4 is 17.3 Å². The highest BCUT2D eigenvalue weighted by atomic mass is 16.3. The average molecular weight is 366 g/mol. The van der Waals surface area contributed by atoms with Crippen molar-refractivity contribution in [3.05, 3.63) is 23.8 Å². The van der Waals surface area contributed by atoms with Crippen molar-refractivity contribution < 1.29 is 35.6 Å². The van der Waals surface area contributed by atoms with Crippen molar-refractivity contribution in [2.24, 2.45) is 28.6 Å². The molecular weight excluding hydrogens is 332 g/mol. The van der Waals surface area contributed by atoms with Gasteiger partial charge in [-0.25, -0.2) is 0 Å². The molecule has 2 N–H and O–H groups in total. The van der Waals surface area contributed by atoms with Gasteiger partial charge in [0, 0.05) is 28.6 Å². The molecule has 5 unspecified atom stereocenters. The van der Waals surface area contributed by atoms with Crippen molar-refractivity contribution in [3.63, 3.8) is 0 Å². The minimum Gasteiger partial charge on any atom is -0.388 e. The first kappa shape index (κ1) is 10.7. The summed E-state index contributed by atoms with van der Waals surface area (Å²) in [6.45, 7) is -1.02. The Bertz CT molecular complexity index is 1100. The van der Waals surface area contributed by atoms with Gasteiger partial charge in [-0.05, 0) is 49.6 Å². The van der Waals surface area contributed by atoms with Crippen LogP contribution in [0.1, 0.15) is 56.8 Å². The number of fused-ring (bicyclic) bond motifs is 5. The van der Waals surface area contributed by atoms with Crippen LogP contribution in [0, 0.1) is 28.6 Å². The molecule has 0 aromatic carbocycles. The van der Waals surface area contributed by atoms with E-state index in [9.17, 15) is 26.0 Å². The van der Waals surface area contributed by atoms with Crippen molar-refractivity contribution in [2.45, 2.75) is 51.5 Å². The molecule has 26 heavy (non-hydrogen) atoms. The third-order valence-electron chi connectivity index (χ3n) is 6.80. The Kier molecular flexibility index (Phi) is 2.24. The minimum absolute atomic E-state index is 0.0845. The topological polar surface area (TPSA) is 91.7 Å². The van der Waals surface area contributed by atoms with Crippen LogP contribution < -0.4 is 0 Å². The highest BCUT2D eigenvalue weighted by Gasteiger charge is 2.68. The molecule has 0 aromatic heterocycles. The van der Waals surface area contributed by atoms with E-state index in [1.54, 1.807) is 0 Å². The van der Waals surface area contributed by atoms with E-state index in [4.69, 9.17) is 9.60 Å². The van der Waals surface area contributed by atoms with Crippen LogP contribution in [0.25, 0.3) is 0 Å². The van der Waals surface area contributed by atoms with Gasteiger partial charge in [0.1, 0.15) is 17.9 Å². The van der Waals surface area contributed by atoms with Crippen molar-refractivity contribution in [2.75, 3.05) is 6.56 Å². The van der Waals surface area contributed by atoms with Crippen LogP contribution in [0.2, 0.25) is 0 Å². The minimum atomic E-state index is -3.50. The second kappa shape index (κ2) is 5.46. The fraction of sp³-hybridized carbons (Fsp3) is 0.667. The van der Waals surface area contributed by atoms with Gasteiger partial charge in [-0.1, -0.05) is 25.5 Å². The molecule has 0 saturated heterocycles. The lowest BCUT2D eigenvalue weighted by Crippen LogP contribution is -2.60. The van der Waals surface area contributed by atoms with Crippen LogP contribution in [-0.4, -0.2) is 39.7 Å². The Morgan fingerprint density at radius 2 is 2.19 bits per heavy atom. The Hall–Kier alpha value is -1.59. The van der Waals surface area contributed by atoms with Crippen LogP contribution in [0.4, 0.5) is 0 Å². The predicted octanol–water partition coefficient (Wildman–Crippen LogP) is 1.77. The van der Waals surface area contributed by atoms with E-state index in [0.717, 1.165) is 13.0 Å². The molecule has 7 atom stereocenters. The number of aliphatic hydroxyl groups is 2. The van der Waals surface area contributed by atoms with Gasteiger partial charge < -0.3 is 10.2 Å². The number of carbonyl (C=O) groups excluding carboxylic acids is 3. The van der Waals surface area contributed by atoms with Crippen LogP contribution in [0.15, 0.2) is 23.8 Å². The number of hydrogen-bond acceptors (Lipinski definition) is 5. The van der Waals surface area contributed by atoms with Crippen molar-refractivity contribution in [1.82, 2.24) is 0 Å². The highest BCUT2D eigenvalue weighted by molar-refractivity contribution is 6.02. The number of hydrogen-bond donors (Lipinski definition) is 2. The molecule has 3 fully saturated rings. The molecule has 0 radical (unpaired) electrons. The molecule has 4 aliphatic rings. The summed E-state index contributed by atoms with van der Waals surface area (Å²) in [5.74, 6) is -8.48. The maximum Gasteiger partial charge on any atom is 0.190 e. The molecule has 0 aliphatic heterocycles. The summed E-state index contributed by atoms with van der Waals surface area (Å²) in [5, 5.41) is 21.1. The fourth-order valence-electron chi connectivity index (χ4n) is 5.34. The Labute approximate surface area is 164 Å². The quantitative estimate of drug-likeness (QED) is 0.777. The molecule has 0 bridgehead atoms. The fourth-order valence-corrected chi connectivity index (χ4v) is 5.34. The zero-order chi connectivity index (χ0) is 26.0. The summed E-state index contributed by atoms with van der Waals surface area (Å²) >= 11 is 0. The first-order valence-electron chi connectivity index (χ1n) is 12.7. The van der Waals surface area contributed by atoms with Gasteiger partial charge in [-0.15, -0.1) is 0 Å². The normalized spacial score (nSPS) is 60.5.